The van der Waals surface area contributed by atoms with Crippen LogP contribution in [0.4, 0.5) is 0 Å². The number of hydrogen-bond donors (Lipinski definition) is 1. The van der Waals surface area contributed by atoms with Gasteiger partial charge in [0, 0.05) is 30.2 Å². The molecule has 0 saturated heterocycles. The third-order valence-electron chi connectivity index (χ3n) is 3.13. The summed E-state index contributed by atoms with van der Waals surface area (Å²) in [5.74, 6) is 0.276. The summed E-state index contributed by atoms with van der Waals surface area (Å²) in [6.07, 6.45) is 3.03. The van der Waals surface area contributed by atoms with E-state index in [1.54, 1.807) is 29.1 Å². The summed E-state index contributed by atoms with van der Waals surface area (Å²) in [5, 5.41) is 9.34. The molecule has 1 atom stereocenters. The van der Waals surface area contributed by atoms with Crippen LogP contribution in [0.15, 0.2) is 23.2 Å². The zero-order valence-electron chi connectivity index (χ0n) is 13.2. The first-order valence-electron chi connectivity index (χ1n) is 6.94. The summed E-state index contributed by atoms with van der Waals surface area (Å²) in [6, 6.07) is 1.69. The molecule has 24 heavy (non-hydrogen) atoms. The fourth-order valence-corrected chi connectivity index (χ4v) is 3.02. The molecule has 8 heteroatoms. The summed E-state index contributed by atoms with van der Waals surface area (Å²) >= 11 is 13.7. The molecule has 0 bridgehead atoms. The molecule has 3 rings (SSSR count). The van der Waals surface area contributed by atoms with Crippen LogP contribution in [0.3, 0.4) is 0 Å². The standard InChI is InChI=1S/C12H10Cl2O3.C3H3NS.CH4O/c1-6-4-7-5-8(17-3-2-15)10(13)11(14)9(7)12(6)16;1-2-5-3-4-1;1-2/h2,5-6H,3-4H2,1H3;1-3H;2H,1H3. The molecule has 1 unspecified atom stereocenters. The Bertz CT molecular complexity index is 660. The average Bonchev–Trinajstić information content (AvgIpc) is 3.25. The van der Waals surface area contributed by atoms with Crippen LogP contribution in [-0.2, 0) is 11.2 Å². The molecule has 1 aliphatic rings. The van der Waals surface area contributed by atoms with Gasteiger partial charge in [0.1, 0.15) is 17.4 Å². The SMILES string of the molecule is CC1Cc2cc(OCC=O)c(Cl)c(Cl)c2C1=O.CO.c1cscn1. The van der Waals surface area contributed by atoms with Gasteiger partial charge in [-0.1, -0.05) is 30.1 Å². The molecule has 2 aromatic rings. The van der Waals surface area contributed by atoms with Crippen LogP contribution < -0.4 is 4.74 Å². The van der Waals surface area contributed by atoms with Crippen molar-refractivity contribution in [3.8, 4) is 5.75 Å². The molecule has 1 N–H and O–H groups in total. The number of aromatic nitrogens is 1. The van der Waals surface area contributed by atoms with Gasteiger partial charge in [-0.25, -0.2) is 0 Å². The number of carbonyl (C=O) groups excluding carboxylic acids is 2. The lowest BCUT2D eigenvalue weighted by atomic mass is 10.1. The molecular weight excluding hydrogens is 373 g/mol. The number of carbonyl (C=O) groups is 2. The van der Waals surface area contributed by atoms with Crippen molar-refractivity contribution >= 4 is 46.6 Å². The highest BCUT2D eigenvalue weighted by Crippen LogP contribution is 2.41. The average molecular weight is 390 g/mol. The van der Waals surface area contributed by atoms with Crippen molar-refractivity contribution < 1.29 is 19.4 Å². The number of benzene rings is 1. The number of aldehydes is 1. The normalized spacial score (nSPS) is 14.7. The summed E-state index contributed by atoms with van der Waals surface area (Å²) in [7, 11) is 1.00. The highest BCUT2D eigenvalue weighted by Gasteiger charge is 2.31. The Morgan fingerprint density at radius 3 is 2.62 bits per heavy atom. The molecule has 1 aromatic heterocycles. The first-order valence-corrected chi connectivity index (χ1v) is 8.64. The van der Waals surface area contributed by atoms with E-state index in [4.69, 9.17) is 33.0 Å². The lowest BCUT2D eigenvalue weighted by Crippen LogP contribution is -2.04. The molecule has 0 aliphatic heterocycles. The van der Waals surface area contributed by atoms with Gasteiger partial charge in [-0.2, -0.15) is 0 Å². The predicted octanol–water partition coefficient (Wildman–Crippen LogP) is 3.70. The molecule has 0 saturated carbocycles. The van der Waals surface area contributed by atoms with Crippen LogP contribution in [0.1, 0.15) is 22.8 Å². The number of fused-ring (bicyclic) bond motifs is 1. The van der Waals surface area contributed by atoms with Gasteiger partial charge in [0.2, 0.25) is 0 Å². The Labute approximate surface area is 154 Å². The number of rotatable bonds is 3. The number of Topliss-reactive ketones (excluding diaryl/α,β-unsaturated/α-hetero) is 1. The third kappa shape index (κ3) is 5.01. The Kier molecular flexibility index (Phi) is 8.92. The highest BCUT2D eigenvalue weighted by molar-refractivity contribution is 7.07. The van der Waals surface area contributed by atoms with Crippen LogP contribution in [0.2, 0.25) is 10.0 Å². The Balaban J connectivity index is 0.000000346. The van der Waals surface area contributed by atoms with E-state index in [-0.39, 0.29) is 28.4 Å². The van der Waals surface area contributed by atoms with Crippen molar-refractivity contribution in [3.63, 3.8) is 0 Å². The van der Waals surface area contributed by atoms with Gasteiger partial charge in [0.25, 0.3) is 0 Å². The first-order chi connectivity index (χ1) is 11.6. The smallest absolute Gasteiger partial charge is 0.167 e. The fourth-order valence-electron chi connectivity index (χ4n) is 2.15. The van der Waals surface area contributed by atoms with Crippen LogP contribution >= 0.6 is 34.5 Å². The number of thiazole rings is 1. The summed E-state index contributed by atoms with van der Waals surface area (Å²) in [6.45, 7) is 1.76. The number of nitrogens with zero attached hydrogens (tertiary/aromatic N) is 1. The van der Waals surface area contributed by atoms with Gasteiger partial charge < -0.3 is 9.84 Å². The number of halogens is 2. The second-order valence-corrected chi connectivity index (χ2v) is 6.17. The number of ketones is 1. The monoisotopic (exact) mass is 389 g/mol. The number of hydrogen-bond acceptors (Lipinski definition) is 6. The maximum absolute atomic E-state index is 11.9. The molecule has 0 spiro atoms. The Morgan fingerprint density at radius 2 is 2.12 bits per heavy atom. The molecule has 5 nitrogen and oxygen atoms in total. The zero-order chi connectivity index (χ0) is 18.1. The molecule has 0 radical (unpaired) electrons. The fraction of sp³-hybridized carbons (Fsp3) is 0.312. The van der Waals surface area contributed by atoms with E-state index in [0.29, 0.717) is 24.0 Å². The zero-order valence-corrected chi connectivity index (χ0v) is 15.5. The summed E-state index contributed by atoms with van der Waals surface area (Å²) in [4.78, 5) is 25.9. The summed E-state index contributed by atoms with van der Waals surface area (Å²) in [5.41, 5.74) is 3.11. The second-order valence-electron chi connectivity index (χ2n) is 4.66. The van der Waals surface area contributed by atoms with Gasteiger partial charge in [0.15, 0.2) is 12.1 Å². The van der Waals surface area contributed by atoms with E-state index in [9.17, 15) is 9.59 Å². The highest BCUT2D eigenvalue weighted by atomic mass is 35.5. The van der Waals surface area contributed by atoms with Crippen molar-refractivity contribution in [2.75, 3.05) is 13.7 Å². The molecule has 0 amide bonds. The van der Waals surface area contributed by atoms with Gasteiger partial charge in [0.05, 0.1) is 10.5 Å². The molecular formula is C16H17Cl2NO4S. The van der Waals surface area contributed by atoms with Gasteiger partial charge >= 0.3 is 0 Å². The number of aliphatic hydroxyl groups excluding tert-OH is 1. The van der Waals surface area contributed by atoms with Crippen LogP contribution in [0.5, 0.6) is 5.75 Å². The molecule has 1 heterocycles. The topological polar surface area (TPSA) is 76.5 Å². The minimum atomic E-state index is -0.0850. The van der Waals surface area contributed by atoms with E-state index in [1.807, 2.05) is 12.3 Å². The van der Waals surface area contributed by atoms with Crippen LogP contribution in [0.25, 0.3) is 0 Å². The lowest BCUT2D eigenvalue weighted by molar-refractivity contribution is -0.109. The maximum atomic E-state index is 11.9. The minimum absolute atomic E-state index is 0.00818. The molecule has 0 fully saturated rings. The first kappa shape index (κ1) is 20.6. The Morgan fingerprint density at radius 1 is 1.42 bits per heavy atom. The van der Waals surface area contributed by atoms with Gasteiger partial charge in [-0.3, -0.25) is 14.6 Å². The molecule has 1 aromatic carbocycles. The Hall–Kier alpha value is -1.47. The predicted molar refractivity (Wildman–Crippen MR) is 95.5 cm³/mol. The van der Waals surface area contributed by atoms with Crippen molar-refractivity contribution in [3.05, 3.63) is 44.3 Å². The van der Waals surface area contributed by atoms with Crippen LogP contribution in [0, 0.1) is 5.92 Å². The minimum Gasteiger partial charge on any atom is -0.485 e. The van der Waals surface area contributed by atoms with Crippen molar-refractivity contribution in [1.29, 1.82) is 0 Å². The maximum Gasteiger partial charge on any atom is 0.167 e. The van der Waals surface area contributed by atoms with E-state index >= 15 is 0 Å². The van der Waals surface area contributed by atoms with Crippen molar-refractivity contribution in [2.24, 2.45) is 5.92 Å². The summed E-state index contributed by atoms with van der Waals surface area (Å²) < 4.78 is 5.17. The molecule has 130 valence electrons. The lowest BCUT2D eigenvalue weighted by Gasteiger charge is -2.09. The third-order valence-corrected chi connectivity index (χ3v) is 4.50. The largest absolute Gasteiger partial charge is 0.485 e. The van der Waals surface area contributed by atoms with Crippen molar-refractivity contribution in [1.82, 2.24) is 4.98 Å². The van der Waals surface area contributed by atoms with E-state index < -0.39 is 0 Å². The van der Waals surface area contributed by atoms with Crippen molar-refractivity contribution in [2.45, 2.75) is 13.3 Å². The number of aliphatic hydroxyl groups is 1. The van der Waals surface area contributed by atoms with E-state index in [2.05, 4.69) is 4.98 Å². The van der Waals surface area contributed by atoms with Gasteiger partial charge in [-0.05, 0) is 18.1 Å². The van der Waals surface area contributed by atoms with Gasteiger partial charge in [-0.15, -0.1) is 11.3 Å². The number of ether oxygens (including phenoxy) is 1. The van der Waals surface area contributed by atoms with Crippen LogP contribution in [-0.4, -0.2) is 35.9 Å². The quantitative estimate of drug-likeness (QED) is 0.809. The van der Waals surface area contributed by atoms with E-state index in [0.717, 1.165) is 12.7 Å². The van der Waals surface area contributed by atoms with E-state index in [1.165, 1.54) is 0 Å². The molecule has 1 aliphatic carbocycles. The second kappa shape index (κ2) is 10.4.